The molecule has 0 aliphatic rings. The van der Waals surface area contributed by atoms with E-state index in [1.165, 1.54) is 52.7 Å². The molecule has 3 rings (SSSR count). The van der Waals surface area contributed by atoms with E-state index in [2.05, 4.69) is 36.3 Å². The maximum atomic E-state index is 13.7. The Bertz CT molecular complexity index is 1520. The first-order chi connectivity index (χ1) is 24.4. The van der Waals surface area contributed by atoms with E-state index < -0.39 is 11.8 Å². The van der Waals surface area contributed by atoms with E-state index in [1.807, 2.05) is 0 Å². The number of methoxy groups -OCH3 is 2. The molecule has 0 bridgehead atoms. The second-order valence-corrected chi connectivity index (χ2v) is 12.1. The van der Waals surface area contributed by atoms with Crippen LogP contribution in [0.1, 0.15) is 123 Å². The molecule has 2 amide bonds. The molecule has 0 unspecified atom stereocenters. The lowest BCUT2D eigenvalue weighted by molar-refractivity contribution is 0.101. The van der Waals surface area contributed by atoms with Crippen molar-refractivity contribution < 1.29 is 28.5 Å². The van der Waals surface area contributed by atoms with E-state index in [4.69, 9.17) is 31.8 Å². The van der Waals surface area contributed by atoms with E-state index in [1.54, 1.807) is 48.5 Å². The third kappa shape index (κ3) is 12.1. The fourth-order valence-corrected chi connectivity index (χ4v) is 5.45. The fraction of sp³-hybridized carbons (Fsp3) is 0.429. The summed E-state index contributed by atoms with van der Waals surface area (Å²) in [6.45, 7) is 5.35. The minimum atomic E-state index is -0.451. The molecule has 3 aromatic rings. The first-order valence-corrected chi connectivity index (χ1v) is 17.7. The molecule has 8 heteroatoms. The average Bonchev–Trinajstić information content (AvgIpc) is 3.14. The summed E-state index contributed by atoms with van der Waals surface area (Å²) in [7, 11) is 2.96. The molecule has 0 heterocycles. The number of hydrogen-bond donors (Lipinski definition) is 2. The number of terminal acetylenes is 2. The second-order valence-electron chi connectivity index (χ2n) is 12.1. The molecule has 0 atom stereocenters. The summed E-state index contributed by atoms with van der Waals surface area (Å²) in [5.41, 5.74) is 2.26. The Balaban J connectivity index is 1.82. The van der Waals surface area contributed by atoms with E-state index in [0.717, 1.165) is 38.5 Å². The summed E-state index contributed by atoms with van der Waals surface area (Å²) in [6, 6.07) is 13.3. The lowest BCUT2D eigenvalue weighted by atomic mass is 10.1. The van der Waals surface area contributed by atoms with Crippen LogP contribution in [0, 0.1) is 24.7 Å². The van der Waals surface area contributed by atoms with Gasteiger partial charge in [-0.25, -0.2) is 0 Å². The highest BCUT2D eigenvalue weighted by Gasteiger charge is 2.21. The van der Waals surface area contributed by atoms with Gasteiger partial charge in [-0.2, -0.15) is 0 Å². The van der Waals surface area contributed by atoms with Crippen LogP contribution in [0.15, 0.2) is 48.5 Å². The topological polar surface area (TPSA) is 95.1 Å². The number of amides is 2. The van der Waals surface area contributed by atoms with Crippen LogP contribution in [0.3, 0.4) is 0 Å². The highest BCUT2D eigenvalue weighted by atomic mass is 16.5. The Hall–Kier alpha value is -5.08. The molecular weight excluding hydrogens is 628 g/mol. The van der Waals surface area contributed by atoms with Crippen molar-refractivity contribution in [2.24, 2.45) is 0 Å². The van der Waals surface area contributed by atoms with E-state index >= 15 is 0 Å². The van der Waals surface area contributed by atoms with Gasteiger partial charge in [0, 0.05) is 17.2 Å². The third-order valence-electron chi connectivity index (χ3n) is 8.31. The summed E-state index contributed by atoms with van der Waals surface area (Å²) in [5.74, 6) is 5.78. The van der Waals surface area contributed by atoms with Crippen LogP contribution >= 0.6 is 0 Å². The molecular formula is C42H52N2O6. The van der Waals surface area contributed by atoms with Crippen molar-refractivity contribution in [1.82, 2.24) is 0 Å². The minimum absolute atomic E-state index is 0.285. The Morgan fingerprint density at radius 3 is 1.34 bits per heavy atom. The van der Waals surface area contributed by atoms with E-state index in [-0.39, 0.29) is 11.1 Å². The van der Waals surface area contributed by atoms with Gasteiger partial charge in [0.05, 0.1) is 49.9 Å². The van der Waals surface area contributed by atoms with Crippen molar-refractivity contribution in [3.8, 4) is 47.7 Å². The molecule has 0 fully saturated rings. The van der Waals surface area contributed by atoms with Gasteiger partial charge in [0.2, 0.25) is 0 Å². The highest BCUT2D eigenvalue weighted by Crippen LogP contribution is 2.38. The van der Waals surface area contributed by atoms with Gasteiger partial charge in [-0.05, 0) is 55.3 Å². The zero-order valence-corrected chi connectivity index (χ0v) is 30.1. The normalized spacial score (nSPS) is 10.4. The minimum Gasteiger partial charge on any atom is -0.494 e. The quantitative estimate of drug-likeness (QED) is 0.0811. The van der Waals surface area contributed by atoms with Gasteiger partial charge in [-0.1, -0.05) is 89.9 Å². The third-order valence-corrected chi connectivity index (χ3v) is 8.31. The molecule has 50 heavy (non-hydrogen) atoms. The van der Waals surface area contributed by atoms with Gasteiger partial charge in [0.15, 0.2) is 0 Å². The number of carbonyl (C=O) groups excluding carboxylic acids is 2. The molecule has 3 aromatic carbocycles. The van der Waals surface area contributed by atoms with Gasteiger partial charge in [-0.15, -0.1) is 12.8 Å². The summed E-state index contributed by atoms with van der Waals surface area (Å²) < 4.78 is 23.3. The number of hydrogen-bond acceptors (Lipinski definition) is 6. The first-order valence-electron chi connectivity index (χ1n) is 17.7. The van der Waals surface area contributed by atoms with Gasteiger partial charge >= 0.3 is 0 Å². The zero-order valence-electron chi connectivity index (χ0n) is 30.1. The van der Waals surface area contributed by atoms with E-state index in [0.29, 0.717) is 58.7 Å². The summed E-state index contributed by atoms with van der Waals surface area (Å²) >= 11 is 0. The van der Waals surface area contributed by atoms with Crippen LogP contribution in [0.2, 0.25) is 0 Å². The SMILES string of the molecule is C#Cc1ccc(OCCCCCCCC)c(C(=O)Nc2cc(NC(=O)c3cc(C#C)ccc3OCCCCCCCC)c(OC)cc2OC)c1. The van der Waals surface area contributed by atoms with Crippen LogP contribution < -0.4 is 29.6 Å². The monoisotopic (exact) mass is 680 g/mol. The van der Waals surface area contributed by atoms with Crippen molar-refractivity contribution in [2.45, 2.75) is 90.9 Å². The molecule has 2 N–H and O–H groups in total. The number of ether oxygens (including phenoxy) is 4. The van der Waals surface area contributed by atoms with Crippen LogP contribution in [-0.4, -0.2) is 39.2 Å². The highest BCUT2D eigenvalue weighted by molar-refractivity contribution is 6.09. The lowest BCUT2D eigenvalue weighted by Crippen LogP contribution is -2.17. The van der Waals surface area contributed by atoms with Crippen LogP contribution in [-0.2, 0) is 0 Å². The maximum absolute atomic E-state index is 13.7. The standard InChI is InChI=1S/C42H52N2O6/c1-7-11-13-15-17-19-25-49-37-23-21-31(9-3)27-33(37)41(45)43-35-29-36(40(48-6)30-39(35)47-5)44-42(46)34-28-32(10-4)22-24-38(34)50-26-20-18-16-14-12-8-2/h3-4,21-24,27-30H,7-8,11-20,25-26H2,1-2,5-6H3,(H,43,45)(H,44,46). The Morgan fingerprint density at radius 1 is 0.560 bits per heavy atom. The van der Waals surface area contributed by atoms with Crippen molar-refractivity contribution in [3.05, 3.63) is 70.8 Å². The van der Waals surface area contributed by atoms with Gasteiger partial charge in [0.25, 0.3) is 11.8 Å². The molecule has 0 aromatic heterocycles. The molecule has 8 nitrogen and oxygen atoms in total. The number of rotatable bonds is 22. The summed E-state index contributed by atoms with van der Waals surface area (Å²) in [6.07, 6.45) is 24.8. The van der Waals surface area contributed by atoms with E-state index in [9.17, 15) is 9.59 Å². The van der Waals surface area contributed by atoms with Crippen molar-refractivity contribution in [3.63, 3.8) is 0 Å². The number of benzene rings is 3. The average molecular weight is 681 g/mol. The van der Waals surface area contributed by atoms with Crippen LogP contribution in [0.4, 0.5) is 11.4 Å². The molecule has 0 aliphatic heterocycles. The largest absolute Gasteiger partial charge is 0.494 e. The van der Waals surface area contributed by atoms with Crippen LogP contribution in [0.5, 0.6) is 23.0 Å². The van der Waals surface area contributed by atoms with Gasteiger partial charge in [-0.3, -0.25) is 9.59 Å². The Kier molecular flexibility index (Phi) is 17.2. The number of carbonyl (C=O) groups is 2. The molecule has 0 saturated heterocycles. The van der Waals surface area contributed by atoms with Gasteiger partial charge in [0.1, 0.15) is 23.0 Å². The van der Waals surface area contributed by atoms with Gasteiger partial charge < -0.3 is 29.6 Å². The van der Waals surface area contributed by atoms with Crippen LogP contribution in [0.25, 0.3) is 0 Å². The maximum Gasteiger partial charge on any atom is 0.259 e. The predicted molar refractivity (Wildman–Crippen MR) is 202 cm³/mol. The second kappa shape index (κ2) is 21.8. The fourth-order valence-electron chi connectivity index (χ4n) is 5.45. The van der Waals surface area contributed by atoms with Crippen molar-refractivity contribution in [2.75, 3.05) is 38.1 Å². The number of nitrogens with one attached hydrogen (secondary N) is 2. The Morgan fingerprint density at radius 2 is 0.960 bits per heavy atom. The number of anilines is 2. The van der Waals surface area contributed by atoms with Crippen molar-refractivity contribution in [1.29, 1.82) is 0 Å². The molecule has 266 valence electrons. The zero-order chi connectivity index (χ0) is 36.1. The van der Waals surface area contributed by atoms with Crippen molar-refractivity contribution >= 4 is 23.2 Å². The number of unbranched alkanes of at least 4 members (excludes halogenated alkanes) is 10. The molecule has 0 spiro atoms. The lowest BCUT2D eigenvalue weighted by Gasteiger charge is -2.18. The predicted octanol–water partition coefficient (Wildman–Crippen LogP) is 9.65. The molecule has 0 aliphatic carbocycles. The summed E-state index contributed by atoms with van der Waals surface area (Å²) in [5, 5.41) is 5.82. The first kappa shape index (κ1) is 39.4. The summed E-state index contributed by atoms with van der Waals surface area (Å²) in [4.78, 5) is 27.5. The molecule has 0 saturated carbocycles. The Labute approximate surface area is 298 Å². The smallest absolute Gasteiger partial charge is 0.259 e. The molecule has 0 radical (unpaired) electrons.